The van der Waals surface area contributed by atoms with Gasteiger partial charge in [0, 0.05) is 18.1 Å². The Bertz CT molecular complexity index is 968. The summed E-state index contributed by atoms with van der Waals surface area (Å²) in [4.78, 5) is 16.4. The summed E-state index contributed by atoms with van der Waals surface area (Å²) < 4.78 is 10.1. The number of nitrogens with one attached hydrogen (secondary N) is 1. The number of hydrogen-bond donors (Lipinski definition) is 1. The summed E-state index contributed by atoms with van der Waals surface area (Å²) in [5.74, 6) is -0.212. The van der Waals surface area contributed by atoms with Crippen molar-refractivity contribution >= 4 is 22.4 Å². The Hall–Kier alpha value is -2.54. The SMILES string of the molecule is COCCOCC(=O)Nc1nc(-c2ccc3c(c2)Cc2ccccc2-3)cs1. The molecule has 1 N–H and O–H groups in total. The number of rotatable bonds is 7. The maximum atomic E-state index is 11.9. The first-order valence-electron chi connectivity index (χ1n) is 8.78. The van der Waals surface area contributed by atoms with Crippen molar-refractivity contribution < 1.29 is 14.3 Å². The number of ether oxygens (including phenoxy) is 2. The Morgan fingerprint density at radius 1 is 1.15 bits per heavy atom. The molecule has 1 heterocycles. The fourth-order valence-corrected chi connectivity index (χ4v) is 3.97. The second-order valence-electron chi connectivity index (χ2n) is 6.34. The van der Waals surface area contributed by atoms with Gasteiger partial charge in [0.2, 0.25) is 0 Å². The average molecular weight is 380 g/mol. The van der Waals surface area contributed by atoms with Crippen LogP contribution in [0.1, 0.15) is 11.1 Å². The van der Waals surface area contributed by atoms with Gasteiger partial charge in [-0.3, -0.25) is 10.1 Å². The largest absolute Gasteiger partial charge is 0.382 e. The topological polar surface area (TPSA) is 60.5 Å². The van der Waals surface area contributed by atoms with E-state index in [4.69, 9.17) is 9.47 Å². The van der Waals surface area contributed by atoms with E-state index >= 15 is 0 Å². The third-order valence-corrected chi connectivity index (χ3v) is 5.26. The van der Waals surface area contributed by atoms with Crippen molar-refractivity contribution in [2.75, 3.05) is 32.2 Å². The highest BCUT2D eigenvalue weighted by Gasteiger charge is 2.18. The quantitative estimate of drug-likeness (QED) is 0.493. The van der Waals surface area contributed by atoms with Crippen molar-refractivity contribution in [3.8, 4) is 22.4 Å². The van der Waals surface area contributed by atoms with Gasteiger partial charge in [-0.25, -0.2) is 4.98 Å². The number of anilines is 1. The highest BCUT2D eigenvalue weighted by atomic mass is 32.1. The minimum Gasteiger partial charge on any atom is -0.382 e. The summed E-state index contributed by atoms with van der Waals surface area (Å²) in [5.41, 5.74) is 7.23. The summed E-state index contributed by atoms with van der Waals surface area (Å²) in [6.45, 7) is 0.858. The van der Waals surface area contributed by atoms with Gasteiger partial charge >= 0.3 is 0 Å². The fraction of sp³-hybridized carbons (Fsp3) is 0.238. The number of aromatic nitrogens is 1. The molecule has 138 valence electrons. The number of methoxy groups -OCH3 is 1. The van der Waals surface area contributed by atoms with Gasteiger partial charge in [-0.1, -0.05) is 36.4 Å². The van der Waals surface area contributed by atoms with Crippen molar-refractivity contribution in [1.29, 1.82) is 0 Å². The second kappa shape index (κ2) is 8.00. The van der Waals surface area contributed by atoms with E-state index in [0.717, 1.165) is 17.7 Å². The lowest BCUT2D eigenvalue weighted by atomic mass is 10.0. The van der Waals surface area contributed by atoms with Gasteiger partial charge in [0.05, 0.1) is 18.9 Å². The van der Waals surface area contributed by atoms with E-state index in [0.29, 0.717) is 18.3 Å². The first kappa shape index (κ1) is 17.9. The highest BCUT2D eigenvalue weighted by Crippen LogP contribution is 2.38. The van der Waals surface area contributed by atoms with E-state index in [1.54, 1.807) is 7.11 Å². The van der Waals surface area contributed by atoms with E-state index < -0.39 is 0 Å². The third-order valence-electron chi connectivity index (χ3n) is 4.50. The fourth-order valence-electron chi connectivity index (χ4n) is 3.23. The number of amides is 1. The molecule has 0 radical (unpaired) electrons. The number of benzene rings is 2. The molecule has 0 atom stereocenters. The number of carbonyl (C=O) groups is 1. The molecule has 0 saturated carbocycles. The summed E-state index contributed by atoms with van der Waals surface area (Å²) >= 11 is 1.41. The minimum absolute atomic E-state index is 0.00459. The number of carbonyl (C=O) groups excluding carboxylic acids is 1. The van der Waals surface area contributed by atoms with E-state index in [-0.39, 0.29) is 12.5 Å². The molecule has 5 nitrogen and oxygen atoms in total. The van der Waals surface area contributed by atoms with Gasteiger partial charge in [-0.05, 0) is 34.7 Å². The molecule has 6 heteroatoms. The molecule has 3 aromatic rings. The molecule has 1 aromatic heterocycles. The summed E-state index contributed by atoms with van der Waals surface area (Å²) in [7, 11) is 1.60. The average Bonchev–Trinajstić information content (AvgIpc) is 3.29. The first-order valence-corrected chi connectivity index (χ1v) is 9.66. The summed E-state index contributed by atoms with van der Waals surface area (Å²) in [5, 5.41) is 5.32. The van der Waals surface area contributed by atoms with Gasteiger partial charge in [-0.2, -0.15) is 0 Å². The summed E-state index contributed by atoms with van der Waals surface area (Å²) in [6, 6.07) is 15.0. The Labute approximate surface area is 162 Å². The normalized spacial score (nSPS) is 11.9. The monoisotopic (exact) mass is 380 g/mol. The lowest BCUT2D eigenvalue weighted by Crippen LogP contribution is -2.19. The smallest absolute Gasteiger partial charge is 0.252 e. The van der Waals surface area contributed by atoms with Crippen LogP contribution in [-0.4, -0.2) is 37.8 Å². The lowest BCUT2D eigenvalue weighted by Gasteiger charge is -2.04. The molecule has 27 heavy (non-hydrogen) atoms. The lowest BCUT2D eigenvalue weighted by molar-refractivity contribution is -0.121. The zero-order valence-corrected chi connectivity index (χ0v) is 15.8. The van der Waals surface area contributed by atoms with Crippen molar-refractivity contribution in [3.63, 3.8) is 0 Å². The van der Waals surface area contributed by atoms with Crippen molar-refractivity contribution in [2.45, 2.75) is 6.42 Å². The van der Waals surface area contributed by atoms with E-state index in [1.807, 2.05) is 5.38 Å². The first-order chi connectivity index (χ1) is 13.2. The third kappa shape index (κ3) is 3.93. The summed E-state index contributed by atoms with van der Waals surface area (Å²) in [6.07, 6.45) is 0.950. The molecule has 0 bridgehead atoms. The molecule has 0 saturated heterocycles. The zero-order chi connectivity index (χ0) is 18.6. The van der Waals surface area contributed by atoms with Crippen LogP contribution in [0.15, 0.2) is 47.8 Å². The van der Waals surface area contributed by atoms with Crippen LogP contribution in [0.3, 0.4) is 0 Å². The van der Waals surface area contributed by atoms with E-state index in [1.165, 1.54) is 33.6 Å². The van der Waals surface area contributed by atoms with E-state index in [2.05, 4.69) is 52.8 Å². The molecular formula is C21H20N2O3S. The molecule has 2 aromatic carbocycles. The van der Waals surface area contributed by atoms with Crippen LogP contribution in [0.5, 0.6) is 0 Å². The predicted octanol–water partition coefficient (Wildman–Crippen LogP) is 3.98. The molecule has 0 spiro atoms. The van der Waals surface area contributed by atoms with Crippen LogP contribution in [0, 0.1) is 0 Å². The van der Waals surface area contributed by atoms with Crippen LogP contribution in [-0.2, 0) is 20.7 Å². The zero-order valence-electron chi connectivity index (χ0n) is 15.0. The van der Waals surface area contributed by atoms with Crippen LogP contribution in [0.4, 0.5) is 5.13 Å². The van der Waals surface area contributed by atoms with Crippen LogP contribution in [0.25, 0.3) is 22.4 Å². The van der Waals surface area contributed by atoms with Crippen molar-refractivity contribution in [2.24, 2.45) is 0 Å². The van der Waals surface area contributed by atoms with E-state index in [9.17, 15) is 4.79 Å². The van der Waals surface area contributed by atoms with Crippen LogP contribution < -0.4 is 5.32 Å². The Morgan fingerprint density at radius 2 is 2.00 bits per heavy atom. The Kier molecular flexibility index (Phi) is 5.29. The van der Waals surface area contributed by atoms with Gasteiger partial charge < -0.3 is 9.47 Å². The Balaban J connectivity index is 1.43. The standard InChI is InChI=1S/C21H20N2O3S/c1-25-8-9-26-12-20(24)23-21-22-19(13-27-21)15-6-7-18-16(11-15)10-14-4-2-3-5-17(14)18/h2-7,11,13H,8-10,12H2,1H3,(H,22,23,24). The van der Waals surface area contributed by atoms with Crippen LogP contribution >= 0.6 is 11.3 Å². The van der Waals surface area contributed by atoms with Gasteiger partial charge in [-0.15, -0.1) is 11.3 Å². The molecular weight excluding hydrogens is 360 g/mol. The Morgan fingerprint density at radius 3 is 2.89 bits per heavy atom. The van der Waals surface area contributed by atoms with Crippen LogP contribution in [0.2, 0.25) is 0 Å². The predicted molar refractivity (Wildman–Crippen MR) is 107 cm³/mol. The molecule has 0 fully saturated rings. The maximum absolute atomic E-state index is 11.9. The number of thiazole rings is 1. The molecule has 1 aliphatic rings. The molecule has 4 rings (SSSR count). The molecule has 0 unspecified atom stereocenters. The second-order valence-corrected chi connectivity index (χ2v) is 7.20. The highest BCUT2D eigenvalue weighted by molar-refractivity contribution is 7.14. The number of nitrogens with zero attached hydrogens (tertiary/aromatic N) is 1. The van der Waals surface area contributed by atoms with Gasteiger partial charge in [0.15, 0.2) is 5.13 Å². The number of fused-ring (bicyclic) bond motifs is 3. The van der Waals surface area contributed by atoms with Crippen molar-refractivity contribution in [3.05, 3.63) is 59.0 Å². The molecule has 0 aliphatic heterocycles. The number of hydrogen-bond acceptors (Lipinski definition) is 5. The molecule has 1 aliphatic carbocycles. The maximum Gasteiger partial charge on any atom is 0.252 e. The van der Waals surface area contributed by atoms with Gasteiger partial charge in [0.1, 0.15) is 6.61 Å². The molecule has 1 amide bonds. The van der Waals surface area contributed by atoms with Gasteiger partial charge in [0.25, 0.3) is 5.91 Å². The van der Waals surface area contributed by atoms with Crippen molar-refractivity contribution in [1.82, 2.24) is 4.98 Å². The minimum atomic E-state index is -0.212.